The molecule has 1 rings (SSSR count). The summed E-state index contributed by atoms with van der Waals surface area (Å²) in [5.74, 6) is -0.409. The fraction of sp³-hybridized carbons (Fsp3) is 0.385. The Morgan fingerprint density at radius 3 is 2.39 bits per heavy atom. The highest BCUT2D eigenvalue weighted by Crippen LogP contribution is 2.14. The summed E-state index contributed by atoms with van der Waals surface area (Å²) in [5.41, 5.74) is 0.559. The fourth-order valence-corrected chi connectivity index (χ4v) is 1.82. The molecule has 0 aliphatic rings. The highest BCUT2D eigenvalue weighted by molar-refractivity contribution is 7.98. The second kappa shape index (κ2) is 7.06. The molecular formula is C13H18N2O2S. The molecule has 0 radical (unpaired) electrons. The van der Waals surface area contributed by atoms with E-state index < -0.39 is 6.04 Å². The number of benzene rings is 1. The first-order valence-corrected chi connectivity index (χ1v) is 7.03. The molecule has 18 heavy (non-hydrogen) atoms. The van der Waals surface area contributed by atoms with Crippen molar-refractivity contribution in [1.29, 1.82) is 0 Å². The maximum absolute atomic E-state index is 11.9. The zero-order chi connectivity index (χ0) is 13.5. The van der Waals surface area contributed by atoms with Gasteiger partial charge in [-0.05, 0) is 44.4 Å². The van der Waals surface area contributed by atoms with Crippen LogP contribution >= 0.6 is 11.8 Å². The molecule has 1 atom stereocenters. The molecule has 2 N–H and O–H groups in total. The maximum atomic E-state index is 11.9. The summed E-state index contributed by atoms with van der Waals surface area (Å²) in [7, 11) is 0. The lowest BCUT2D eigenvalue weighted by Gasteiger charge is -2.13. The number of rotatable bonds is 5. The third kappa shape index (κ3) is 4.07. The Kier molecular flexibility index (Phi) is 5.71. The Hall–Kier alpha value is -1.49. The Balaban J connectivity index is 2.61. The first kappa shape index (κ1) is 14.6. The quantitative estimate of drug-likeness (QED) is 0.797. The Morgan fingerprint density at radius 2 is 1.89 bits per heavy atom. The molecule has 4 nitrogen and oxygen atoms in total. The van der Waals surface area contributed by atoms with Crippen molar-refractivity contribution in [3.8, 4) is 0 Å². The van der Waals surface area contributed by atoms with E-state index in [-0.39, 0.29) is 11.8 Å². The SMILES string of the molecule is CCNC(=O)[C@H](C)NC(=O)c1ccc(SC)cc1. The van der Waals surface area contributed by atoms with E-state index >= 15 is 0 Å². The summed E-state index contributed by atoms with van der Waals surface area (Å²) < 4.78 is 0. The maximum Gasteiger partial charge on any atom is 0.251 e. The summed E-state index contributed by atoms with van der Waals surface area (Å²) >= 11 is 1.62. The van der Waals surface area contributed by atoms with Crippen molar-refractivity contribution in [2.24, 2.45) is 0 Å². The minimum Gasteiger partial charge on any atom is -0.355 e. The second-order valence-corrected chi connectivity index (χ2v) is 4.70. The van der Waals surface area contributed by atoms with Crippen LogP contribution in [-0.2, 0) is 4.79 Å². The molecule has 0 bridgehead atoms. The lowest BCUT2D eigenvalue weighted by atomic mass is 10.2. The van der Waals surface area contributed by atoms with Gasteiger partial charge in [0.25, 0.3) is 5.91 Å². The third-order valence-electron chi connectivity index (χ3n) is 2.44. The number of carbonyl (C=O) groups excluding carboxylic acids is 2. The third-order valence-corrected chi connectivity index (χ3v) is 3.19. The van der Waals surface area contributed by atoms with Crippen LogP contribution in [0.3, 0.4) is 0 Å². The molecule has 1 aromatic carbocycles. The molecule has 2 amide bonds. The smallest absolute Gasteiger partial charge is 0.251 e. The largest absolute Gasteiger partial charge is 0.355 e. The summed E-state index contributed by atoms with van der Waals surface area (Å²) in [6.45, 7) is 4.06. The summed E-state index contributed by atoms with van der Waals surface area (Å²) in [6, 6.07) is 6.75. The Bertz CT molecular complexity index is 418. The minimum absolute atomic E-state index is 0.174. The zero-order valence-electron chi connectivity index (χ0n) is 10.8. The number of hydrogen-bond donors (Lipinski definition) is 2. The van der Waals surface area contributed by atoms with Crippen LogP contribution in [0.15, 0.2) is 29.2 Å². The number of thioether (sulfide) groups is 1. The van der Waals surface area contributed by atoms with Gasteiger partial charge < -0.3 is 10.6 Å². The number of amides is 2. The first-order valence-electron chi connectivity index (χ1n) is 5.81. The summed E-state index contributed by atoms with van der Waals surface area (Å²) in [5, 5.41) is 5.32. The van der Waals surface area contributed by atoms with E-state index in [2.05, 4.69) is 10.6 Å². The zero-order valence-corrected chi connectivity index (χ0v) is 11.6. The molecule has 0 spiro atoms. The molecular weight excluding hydrogens is 248 g/mol. The van der Waals surface area contributed by atoms with Gasteiger partial charge in [-0.3, -0.25) is 9.59 Å². The number of nitrogens with one attached hydrogen (secondary N) is 2. The van der Waals surface area contributed by atoms with Gasteiger partial charge in [0.2, 0.25) is 5.91 Å². The van der Waals surface area contributed by atoms with Crippen LogP contribution in [0.5, 0.6) is 0 Å². The van der Waals surface area contributed by atoms with Crippen molar-refractivity contribution in [2.75, 3.05) is 12.8 Å². The van der Waals surface area contributed by atoms with Crippen LogP contribution in [0.4, 0.5) is 0 Å². The van der Waals surface area contributed by atoms with E-state index in [0.29, 0.717) is 12.1 Å². The molecule has 0 heterocycles. The Morgan fingerprint density at radius 1 is 1.28 bits per heavy atom. The summed E-state index contributed by atoms with van der Waals surface area (Å²) in [6.07, 6.45) is 1.98. The van der Waals surface area contributed by atoms with Crippen molar-refractivity contribution >= 4 is 23.6 Å². The van der Waals surface area contributed by atoms with Crippen molar-refractivity contribution in [3.63, 3.8) is 0 Å². The first-order chi connectivity index (χ1) is 8.58. The molecule has 0 aromatic heterocycles. The van der Waals surface area contributed by atoms with Gasteiger partial charge in [0.15, 0.2) is 0 Å². The number of hydrogen-bond acceptors (Lipinski definition) is 3. The predicted molar refractivity (Wildman–Crippen MR) is 73.8 cm³/mol. The van der Waals surface area contributed by atoms with E-state index in [0.717, 1.165) is 4.90 Å². The normalized spacial score (nSPS) is 11.7. The van der Waals surface area contributed by atoms with Crippen molar-refractivity contribution in [3.05, 3.63) is 29.8 Å². The van der Waals surface area contributed by atoms with Crippen molar-refractivity contribution in [2.45, 2.75) is 24.8 Å². The molecule has 0 unspecified atom stereocenters. The molecule has 0 aliphatic heterocycles. The second-order valence-electron chi connectivity index (χ2n) is 3.82. The standard InChI is InChI=1S/C13H18N2O2S/c1-4-14-12(16)9(2)15-13(17)10-5-7-11(18-3)8-6-10/h5-9H,4H2,1-3H3,(H,14,16)(H,15,17)/t9-/m0/s1. The molecule has 1 aromatic rings. The molecule has 5 heteroatoms. The summed E-state index contributed by atoms with van der Waals surface area (Å²) in [4.78, 5) is 24.4. The average molecular weight is 266 g/mol. The highest BCUT2D eigenvalue weighted by atomic mass is 32.2. The predicted octanol–water partition coefficient (Wildman–Crippen LogP) is 1.66. The Labute approximate surface area is 112 Å². The van der Waals surface area contributed by atoms with Crippen molar-refractivity contribution in [1.82, 2.24) is 10.6 Å². The van der Waals surface area contributed by atoms with Crippen LogP contribution in [0.2, 0.25) is 0 Å². The molecule has 0 aliphatic carbocycles. The van der Waals surface area contributed by atoms with Gasteiger partial charge in [0.05, 0.1) is 0 Å². The number of carbonyl (C=O) groups is 2. The van der Waals surface area contributed by atoms with Gasteiger partial charge in [-0.1, -0.05) is 0 Å². The monoisotopic (exact) mass is 266 g/mol. The topological polar surface area (TPSA) is 58.2 Å². The van der Waals surface area contributed by atoms with Crippen LogP contribution in [0, 0.1) is 0 Å². The molecule has 0 saturated heterocycles. The van der Waals surface area contributed by atoms with Gasteiger partial charge in [-0.15, -0.1) is 11.8 Å². The van der Waals surface area contributed by atoms with Crippen LogP contribution in [-0.4, -0.2) is 30.7 Å². The van der Waals surface area contributed by atoms with Crippen LogP contribution < -0.4 is 10.6 Å². The van der Waals surface area contributed by atoms with Gasteiger partial charge in [0.1, 0.15) is 6.04 Å². The van der Waals surface area contributed by atoms with E-state index in [1.807, 2.05) is 25.3 Å². The lowest BCUT2D eigenvalue weighted by Crippen LogP contribution is -2.44. The molecule has 0 saturated carbocycles. The van der Waals surface area contributed by atoms with Crippen LogP contribution in [0.1, 0.15) is 24.2 Å². The van der Waals surface area contributed by atoms with Crippen LogP contribution in [0.25, 0.3) is 0 Å². The van der Waals surface area contributed by atoms with E-state index in [1.54, 1.807) is 30.8 Å². The lowest BCUT2D eigenvalue weighted by molar-refractivity contribution is -0.122. The van der Waals surface area contributed by atoms with E-state index in [9.17, 15) is 9.59 Å². The van der Waals surface area contributed by atoms with Gasteiger partial charge in [0, 0.05) is 17.0 Å². The van der Waals surface area contributed by atoms with Gasteiger partial charge in [-0.2, -0.15) is 0 Å². The van der Waals surface area contributed by atoms with Gasteiger partial charge >= 0.3 is 0 Å². The average Bonchev–Trinajstić information content (AvgIpc) is 2.39. The van der Waals surface area contributed by atoms with Gasteiger partial charge in [-0.25, -0.2) is 0 Å². The molecule has 98 valence electrons. The number of likely N-dealkylation sites (N-methyl/N-ethyl adjacent to an activating group) is 1. The fourth-order valence-electron chi connectivity index (χ4n) is 1.42. The van der Waals surface area contributed by atoms with Crippen molar-refractivity contribution < 1.29 is 9.59 Å². The highest BCUT2D eigenvalue weighted by Gasteiger charge is 2.15. The molecule has 0 fully saturated rings. The van der Waals surface area contributed by atoms with E-state index in [1.165, 1.54) is 0 Å². The minimum atomic E-state index is -0.530. The van der Waals surface area contributed by atoms with E-state index in [4.69, 9.17) is 0 Å².